The van der Waals surface area contributed by atoms with E-state index in [0.717, 1.165) is 30.7 Å². The summed E-state index contributed by atoms with van der Waals surface area (Å²) in [5.74, 6) is 0. The molecule has 17 heavy (non-hydrogen) atoms. The van der Waals surface area contributed by atoms with Crippen molar-refractivity contribution in [2.75, 3.05) is 7.11 Å². The van der Waals surface area contributed by atoms with E-state index in [0.29, 0.717) is 6.42 Å². The quantitative estimate of drug-likeness (QED) is 0.847. The number of aryl methyl sites for hydroxylation is 2. The maximum Gasteiger partial charge on any atom is 0.0703 e. The Hall–Kier alpha value is -0.870. The van der Waals surface area contributed by atoms with Gasteiger partial charge >= 0.3 is 0 Å². The van der Waals surface area contributed by atoms with Gasteiger partial charge in [0.15, 0.2) is 0 Å². The molecule has 0 aromatic carbocycles. The van der Waals surface area contributed by atoms with Crippen molar-refractivity contribution in [3.8, 4) is 0 Å². The van der Waals surface area contributed by atoms with Crippen molar-refractivity contribution in [3.05, 3.63) is 17.5 Å². The second kappa shape index (κ2) is 4.78. The highest BCUT2D eigenvalue weighted by molar-refractivity contribution is 5.10. The number of aliphatic hydroxyl groups excluding tert-OH is 1. The Balaban J connectivity index is 1.93. The third-order valence-electron chi connectivity index (χ3n) is 3.85. The maximum atomic E-state index is 10.1. The lowest BCUT2D eigenvalue weighted by atomic mass is 9.75. The van der Waals surface area contributed by atoms with Crippen LogP contribution in [0.1, 0.15) is 37.1 Å². The van der Waals surface area contributed by atoms with Crippen LogP contribution in [0.4, 0.5) is 0 Å². The van der Waals surface area contributed by atoms with Crippen molar-refractivity contribution >= 4 is 0 Å². The Morgan fingerprint density at radius 2 is 2.29 bits per heavy atom. The Morgan fingerprint density at radius 3 is 2.71 bits per heavy atom. The van der Waals surface area contributed by atoms with Crippen molar-refractivity contribution in [3.63, 3.8) is 0 Å². The first-order valence-electron chi connectivity index (χ1n) is 6.27. The second-order valence-electron chi connectivity index (χ2n) is 5.20. The fourth-order valence-electron chi connectivity index (χ4n) is 2.66. The Labute approximate surface area is 103 Å². The lowest BCUT2D eigenvalue weighted by molar-refractivity contribution is -0.0990. The lowest BCUT2D eigenvalue weighted by Crippen LogP contribution is -2.42. The smallest absolute Gasteiger partial charge is 0.0703 e. The van der Waals surface area contributed by atoms with E-state index in [4.69, 9.17) is 4.74 Å². The summed E-state index contributed by atoms with van der Waals surface area (Å²) in [6, 6.07) is 2.03. The van der Waals surface area contributed by atoms with Gasteiger partial charge in [-0.05, 0) is 32.3 Å². The van der Waals surface area contributed by atoms with E-state index in [9.17, 15) is 5.11 Å². The molecule has 4 nitrogen and oxygen atoms in total. The summed E-state index contributed by atoms with van der Waals surface area (Å²) in [5.41, 5.74) is 2.02. The molecular formula is C13H22N2O2. The van der Waals surface area contributed by atoms with Crippen LogP contribution >= 0.6 is 0 Å². The number of aromatic nitrogens is 2. The third-order valence-corrected chi connectivity index (χ3v) is 3.85. The van der Waals surface area contributed by atoms with Crippen LogP contribution in [0.5, 0.6) is 0 Å². The predicted octanol–water partition coefficient (Wildman–Crippen LogP) is 1.59. The Morgan fingerprint density at radius 1 is 1.59 bits per heavy atom. The van der Waals surface area contributed by atoms with Gasteiger partial charge in [-0.15, -0.1) is 0 Å². The van der Waals surface area contributed by atoms with Crippen LogP contribution in [-0.2, 0) is 18.2 Å². The molecule has 0 amide bonds. The van der Waals surface area contributed by atoms with Crippen molar-refractivity contribution in [2.24, 2.45) is 7.05 Å². The monoisotopic (exact) mass is 238 g/mol. The van der Waals surface area contributed by atoms with E-state index in [2.05, 4.69) is 5.10 Å². The number of ether oxygens (including phenoxy) is 1. The summed E-state index contributed by atoms with van der Waals surface area (Å²) in [7, 11) is 3.67. The van der Waals surface area contributed by atoms with E-state index < -0.39 is 0 Å². The standard InChI is InChI=1S/C13H22N2O2/c1-10-7-11(15(2)14-10)8-12(16)9-13(17-3)5-4-6-13/h7,12,16H,4-6,8-9H2,1-3H3. The van der Waals surface area contributed by atoms with Gasteiger partial charge in [0.2, 0.25) is 0 Å². The Kier molecular flexibility index (Phi) is 3.54. The molecule has 1 atom stereocenters. The number of hydrogen-bond acceptors (Lipinski definition) is 3. The van der Waals surface area contributed by atoms with Crippen LogP contribution < -0.4 is 0 Å². The molecule has 0 radical (unpaired) electrons. The van der Waals surface area contributed by atoms with Crippen LogP contribution in [-0.4, -0.2) is 33.7 Å². The predicted molar refractivity (Wildman–Crippen MR) is 65.9 cm³/mol. The maximum absolute atomic E-state index is 10.1. The van der Waals surface area contributed by atoms with Gasteiger partial charge in [-0.3, -0.25) is 4.68 Å². The summed E-state index contributed by atoms with van der Waals surface area (Å²) in [4.78, 5) is 0. The van der Waals surface area contributed by atoms with Crippen molar-refractivity contribution in [1.29, 1.82) is 0 Å². The van der Waals surface area contributed by atoms with Gasteiger partial charge in [0.1, 0.15) is 0 Å². The molecule has 0 bridgehead atoms. The van der Waals surface area contributed by atoms with E-state index >= 15 is 0 Å². The molecule has 0 spiro atoms. The van der Waals surface area contributed by atoms with Gasteiger partial charge in [-0.1, -0.05) is 0 Å². The van der Waals surface area contributed by atoms with Gasteiger partial charge in [0.05, 0.1) is 17.4 Å². The van der Waals surface area contributed by atoms with E-state index in [1.807, 2.05) is 24.7 Å². The molecule has 1 fully saturated rings. The van der Waals surface area contributed by atoms with Gasteiger partial charge in [-0.2, -0.15) is 5.10 Å². The topological polar surface area (TPSA) is 47.3 Å². The SMILES string of the molecule is COC1(CC(O)Cc2cc(C)nn2C)CCC1. The summed E-state index contributed by atoms with van der Waals surface area (Å²) in [5, 5.41) is 14.4. The van der Waals surface area contributed by atoms with Crippen molar-refractivity contribution in [2.45, 2.75) is 50.7 Å². The average molecular weight is 238 g/mol. The van der Waals surface area contributed by atoms with Crippen LogP contribution in [0, 0.1) is 6.92 Å². The molecule has 1 unspecified atom stereocenters. The molecule has 1 aromatic rings. The van der Waals surface area contributed by atoms with E-state index in [1.54, 1.807) is 7.11 Å². The first kappa shape index (κ1) is 12.6. The molecule has 1 N–H and O–H groups in total. The number of aliphatic hydroxyl groups is 1. The molecule has 4 heteroatoms. The summed E-state index contributed by atoms with van der Waals surface area (Å²) in [6.07, 6.45) is 4.40. The molecule has 1 heterocycles. The van der Waals surface area contributed by atoms with Crippen molar-refractivity contribution in [1.82, 2.24) is 9.78 Å². The highest BCUT2D eigenvalue weighted by Crippen LogP contribution is 2.39. The second-order valence-corrected chi connectivity index (χ2v) is 5.20. The van der Waals surface area contributed by atoms with Gasteiger partial charge in [0.25, 0.3) is 0 Å². The van der Waals surface area contributed by atoms with E-state index in [-0.39, 0.29) is 11.7 Å². The fraction of sp³-hybridized carbons (Fsp3) is 0.769. The normalized spacial score (nSPS) is 20.0. The van der Waals surface area contributed by atoms with Gasteiger partial charge in [0, 0.05) is 32.7 Å². The number of methoxy groups -OCH3 is 1. The molecule has 2 rings (SSSR count). The highest BCUT2D eigenvalue weighted by atomic mass is 16.5. The Bertz CT molecular complexity index is 377. The molecule has 96 valence electrons. The number of hydrogen-bond donors (Lipinski definition) is 1. The third kappa shape index (κ3) is 2.69. The summed E-state index contributed by atoms with van der Waals surface area (Å²) < 4.78 is 7.38. The van der Waals surface area contributed by atoms with E-state index in [1.165, 1.54) is 6.42 Å². The zero-order valence-corrected chi connectivity index (χ0v) is 10.9. The van der Waals surface area contributed by atoms with Crippen molar-refractivity contribution < 1.29 is 9.84 Å². The summed E-state index contributed by atoms with van der Waals surface area (Å²) >= 11 is 0. The largest absolute Gasteiger partial charge is 0.393 e. The average Bonchev–Trinajstić information content (AvgIpc) is 2.51. The zero-order valence-electron chi connectivity index (χ0n) is 10.9. The first-order valence-corrected chi connectivity index (χ1v) is 6.27. The minimum atomic E-state index is -0.343. The summed E-state index contributed by atoms with van der Waals surface area (Å²) in [6.45, 7) is 1.97. The molecular weight excluding hydrogens is 216 g/mol. The fourth-order valence-corrected chi connectivity index (χ4v) is 2.66. The molecule has 1 aliphatic rings. The highest BCUT2D eigenvalue weighted by Gasteiger charge is 2.38. The van der Waals surface area contributed by atoms with Crippen LogP contribution in [0.2, 0.25) is 0 Å². The minimum absolute atomic E-state index is 0.0624. The number of rotatable bonds is 5. The number of nitrogens with zero attached hydrogens (tertiary/aromatic N) is 2. The molecule has 1 saturated carbocycles. The van der Waals surface area contributed by atoms with Crippen LogP contribution in [0.15, 0.2) is 6.07 Å². The zero-order chi connectivity index (χ0) is 12.5. The molecule has 0 aliphatic heterocycles. The van der Waals surface area contributed by atoms with Crippen LogP contribution in [0.25, 0.3) is 0 Å². The lowest BCUT2D eigenvalue weighted by Gasteiger charge is -2.41. The molecule has 1 aromatic heterocycles. The van der Waals surface area contributed by atoms with Crippen LogP contribution in [0.3, 0.4) is 0 Å². The molecule has 1 aliphatic carbocycles. The van der Waals surface area contributed by atoms with Gasteiger partial charge < -0.3 is 9.84 Å². The first-order chi connectivity index (χ1) is 8.04. The molecule has 0 saturated heterocycles. The van der Waals surface area contributed by atoms with Gasteiger partial charge in [-0.25, -0.2) is 0 Å². The minimum Gasteiger partial charge on any atom is -0.393 e.